The topological polar surface area (TPSA) is 116 Å². The lowest BCUT2D eigenvalue weighted by molar-refractivity contribution is 0.0692. The summed E-state index contributed by atoms with van der Waals surface area (Å²) < 4.78 is 25.4. The molecule has 2 heterocycles. The second-order valence-electron chi connectivity index (χ2n) is 3.66. The average molecular weight is 302 g/mol. The third-order valence-corrected chi connectivity index (χ3v) is 4.78. The maximum atomic E-state index is 12.2. The summed E-state index contributed by atoms with van der Waals surface area (Å²) in [7, 11) is -2.60. The van der Waals surface area contributed by atoms with Gasteiger partial charge < -0.3 is 5.11 Å². The normalized spacial score (nSPS) is 11.9. The third kappa shape index (κ3) is 2.64. The van der Waals surface area contributed by atoms with Crippen LogP contribution in [0.4, 0.5) is 0 Å². The molecule has 2 aromatic heterocycles. The largest absolute Gasteiger partial charge is 0.478 e. The van der Waals surface area contributed by atoms with Crippen molar-refractivity contribution in [2.45, 2.75) is 11.6 Å². The Balaban J connectivity index is 2.31. The predicted octanol–water partition coefficient (Wildman–Crippen LogP) is 0.385. The van der Waals surface area contributed by atoms with Gasteiger partial charge in [0.2, 0.25) is 0 Å². The highest BCUT2D eigenvalue weighted by Crippen LogP contribution is 2.18. The van der Waals surface area contributed by atoms with Crippen LogP contribution in [0.25, 0.3) is 0 Å². The molecule has 0 aliphatic carbocycles. The van der Waals surface area contributed by atoms with E-state index in [0.29, 0.717) is 5.69 Å². The van der Waals surface area contributed by atoms with E-state index in [1.807, 2.05) is 0 Å². The van der Waals surface area contributed by atoms with Crippen LogP contribution < -0.4 is 0 Å². The molecule has 19 heavy (non-hydrogen) atoms. The molecule has 8 nitrogen and oxygen atoms in total. The summed E-state index contributed by atoms with van der Waals surface area (Å²) >= 11 is 1.35. The molecule has 0 aliphatic rings. The second kappa shape index (κ2) is 5.07. The Morgan fingerprint density at radius 1 is 1.58 bits per heavy atom. The van der Waals surface area contributed by atoms with E-state index in [9.17, 15) is 13.2 Å². The number of nitrogens with one attached hydrogen (secondary N) is 1. The highest BCUT2D eigenvalue weighted by atomic mass is 32.2. The van der Waals surface area contributed by atoms with Gasteiger partial charge in [0, 0.05) is 12.4 Å². The zero-order valence-electron chi connectivity index (χ0n) is 9.77. The van der Waals surface area contributed by atoms with Gasteiger partial charge in [-0.3, -0.25) is 5.10 Å². The molecule has 0 saturated heterocycles. The Labute approximate surface area is 112 Å². The van der Waals surface area contributed by atoms with Gasteiger partial charge >= 0.3 is 5.97 Å². The van der Waals surface area contributed by atoms with Crippen LogP contribution in [0, 0.1) is 0 Å². The first-order valence-electron chi connectivity index (χ1n) is 5.03. The molecular formula is C9H10N4O4S2. The first kappa shape index (κ1) is 13.6. The minimum Gasteiger partial charge on any atom is -0.478 e. The summed E-state index contributed by atoms with van der Waals surface area (Å²) in [6, 6.07) is 0. The summed E-state index contributed by atoms with van der Waals surface area (Å²) in [4.78, 5) is 14.9. The molecular weight excluding hydrogens is 292 g/mol. The number of carboxylic acids is 1. The van der Waals surface area contributed by atoms with E-state index >= 15 is 0 Å². The molecule has 0 spiro atoms. The molecule has 0 fully saturated rings. The van der Waals surface area contributed by atoms with Gasteiger partial charge in [-0.05, 0) is 0 Å². The number of aromatic amines is 1. The van der Waals surface area contributed by atoms with E-state index in [1.165, 1.54) is 18.4 Å². The number of hydrogen-bond donors (Lipinski definition) is 2. The zero-order valence-corrected chi connectivity index (χ0v) is 11.4. The van der Waals surface area contributed by atoms with Crippen molar-refractivity contribution in [3.8, 4) is 0 Å². The average Bonchev–Trinajstić information content (AvgIpc) is 2.98. The van der Waals surface area contributed by atoms with Crippen LogP contribution in [0.3, 0.4) is 0 Å². The van der Waals surface area contributed by atoms with Gasteiger partial charge in [-0.15, -0.1) is 11.3 Å². The van der Waals surface area contributed by atoms with E-state index in [2.05, 4.69) is 15.2 Å². The van der Waals surface area contributed by atoms with Crippen LogP contribution in [0.15, 0.2) is 22.1 Å². The smallest absolute Gasteiger partial charge is 0.340 e. The fraction of sp³-hybridized carbons (Fsp3) is 0.222. The van der Waals surface area contributed by atoms with Crippen LogP contribution in [0.5, 0.6) is 0 Å². The van der Waals surface area contributed by atoms with E-state index in [0.717, 1.165) is 10.5 Å². The predicted molar refractivity (Wildman–Crippen MR) is 66.3 cm³/mol. The van der Waals surface area contributed by atoms with Gasteiger partial charge in [-0.25, -0.2) is 18.2 Å². The molecule has 0 bridgehead atoms. The molecule has 2 rings (SSSR count). The number of rotatable bonds is 5. The van der Waals surface area contributed by atoms with E-state index in [4.69, 9.17) is 5.11 Å². The molecule has 0 saturated carbocycles. The molecule has 10 heteroatoms. The lowest BCUT2D eigenvalue weighted by Crippen LogP contribution is -2.28. The Morgan fingerprint density at radius 3 is 2.89 bits per heavy atom. The number of sulfonamides is 1. The van der Waals surface area contributed by atoms with Gasteiger partial charge in [0.05, 0.1) is 23.9 Å². The Kier molecular flexibility index (Phi) is 3.64. The highest BCUT2D eigenvalue weighted by Gasteiger charge is 2.29. The SMILES string of the molecule is CN(Cc1cscn1)S(=O)(=O)c1[nH]ncc1C(=O)O. The van der Waals surface area contributed by atoms with Crippen molar-refractivity contribution in [1.82, 2.24) is 19.5 Å². The summed E-state index contributed by atoms with van der Waals surface area (Å²) in [5, 5.41) is 15.9. The number of carbonyl (C=O) groups is 1. The van der Waals surface area contributed by atoms with E-state index in [1.54, 1.807) is 10.9 Å². The standard InChI is InChI=1S/C9H10N4O4S2/c1-13(3-6-4-18-5-10-6)19(16,17)8-7(9(14)15)2-11-12-8/h2,4-5H,3H2,1H3,(H,11,12)(H,14,15). The molecule has 2 N–H and O–H groups in total. The maximum Gasteiger partial charge on any atom is 0.340 e. The molecule has 102 valence electrons. The van der Waals surface area contributed by atoms with Gasteiger partial charge in [0.1, 0.15) is 5.56 Å². The van der Waals surface area contributed by atoms with Crippen LogP contribution >= 0.6 is 11.3 Å². The fourth-order valence-corrected chi connectivity index (χ4v) is 3.16. The lowest BCUT2D eigenvalue weighted by Gasteiger charge is -2.15. The number of hydrogen-bond acceptors (Lipinski definition) is 6. The fourth-order valence-electron chi connectivity index (χ4n) is 1.41. The first-order chi connectivity index (χ1) is 8.93. The van der Waals surface area contributed by atoms with Crippen molar-refractivity contribution in [3.05, 3.63) is 28.3 Å². The van der Waals surface area contributed by atoms with Crippen LogP contribution in [0.1, 0.15) is 16.1 Å². The van der Waals surface area contributed by atoms with E-state index in [-0.39, 0.29) is 12.1 Å². The van der Waals surface area contributed by atoms with Crippen molar-refractivity contribution in [3.63, 3.8) is 0 Å². The Morgan fingerprint density at radius 2 is 2.32 bits per heavy atom. The summed E-state index contributed by atoms with van der Waals surface area (Å²) in [6.45, 7) is 0.0594. The number of aromatic carboxylic acids is 1. The highest BCUT2D eigenvalue weighted by molar-refractivity contribution is 7.89. The quantitative estimate of drug-likeness (QED) is 0.825. The zero-order chi connectivity index (χ0) is 14.0. The Bertz CT molecular complexity index is 677. The molecule has 0 amide bonds. The van der Waals surface area contributed by atoms with Gasteiger partial charge in [-0.1, -0.05) is 0 Å². The maximum absolute atomic E-state index is 12.2. The molecule has 0 aromatic carbocycles. The monoisotopic (exact) mass is 302 g/mol. The van der Waals surface area contributed by atoms with Crippen LogP contribution in [0.2, 0.25) is 0 Å². The van der Waals surface area contributed by atoms with Gasteiger partial charge in [-0.2, -0.15) is 9.40 Å². The van der Waals surface area contributed by atoms with Crippen molar-refractivity contribution in [1.29, 1.82) is 0 Å². The van der Waals surface area contributed by atoms with Gasteiger partial charge in [0.15, 0.2) is 5.03 Å². The summed E-state index contributed by atoms with van der Waals surface area (Å²) in [5.74, 6) is -1.35. The van der Waals surface area contributed by atoms with Gasteiger partial charge in [0.25, 0.3) is 10.0 Å². The van der Waals surface area contributed by atoms with Crippen molar-refractivity contribution >= 4 is 27.3 Å². The van der Waals surface area contributed by atoms with Crippen molar-refractivity contribution in [2.75, 3.05) is 7.05 Å². The van der Waals surface area contributed by atoms with Crippen molar-refractivity contribution in [2.24, 2.45) is 0 Å². The molecule has 2 aromatic rings. The summed E-state index contributed by atoms with van der Waals surface area (Å²) in [6.07, 6.45) is 0.964. The van der Waals surface area contributed by atoms with Crippen molar-refractivity contribution < 1.29 is 18.3 Å². The lowest BCUT2D eigenvalue weighted by atomic mass is 10.4. The number of nitrogens with zero attached hydrogens (tertiary/aromatic N) is 3. The molecule has 0 unspecified atom stereocenters. The second-order valence-corrected chi connectivity index (χ2v) is 6.36. The summed E-state index contributed by atoms with van der Waals surface area (Å²) in [5.41, 5.74) is 1.80. The molecule has 0 radical (unpaired) electrons. The number of carboxylic acid groups (broad SMARTS) is 1. The minimum absolute atomic E-state index is 0.0594. The number of H-pyrrole nitrogens is 1. The first-order valence-corrected chi connectivity index (χ1v) is 7.41. The number of aromatic nitrogens is 3. The number of thiazole rings is 1. The third-order valence-electron chi connectivity index (χ3n) is 2.37. The Hall–Kier alpha value is -1.78. The van der Waals surface area contributed by atoms with E-state index < -0.39 is 21.0 Å². The molecule has 0 aliphatic heterocycles. The minimum atomic E-state index is -3.95. The van der Waals surface area contributed by atoms with Crippen LogP contribution in [-0.2, 0) is 16.6 Å². The van der Waals surface area contributed by atoms with Crippen LogP contribution in [-0.4, -0.2) is 46.0 Å². The molecule has 0 atom stereocenters.